The largest absolute Gasteiger partial charge is 0.304 e. The van der Waals surface area contributed by atoms with Crippen LogP contribution < -0.4 is 4.72 Å². The van der Waals surface area contributed by atoms with Gasteiger partial charge in [-0.1, -0.05) is 50.2 Å². The van der Waals surface area contributed by atoms with Crippen molar-refractivity contribution in [1.29, 1.82) is 0 Å². The molecular formula is C17H24N2O2S. The zero-order chi connectivity index (χ0) is 16.0. The van der Waals surface area contributed by atoms with Crippen molar-refractivity contribution in [3.63, 3.8) is 0 Å². The molecule has 4 nitrogen and oxygen atoms in total. The van der Waals surface area contributed by atoms with E-state index in [0.29, 0.717) is 11.4 Å². The van der Waals surface area contributed by atoms with Crippen molar-refractivity contribution < 1.29 is 8.42 Å². The third-order valence-corrected chi connectivity index (χ3v) is 5.40. The van der Waals surface area contributed by atoms with Crippen molar-refractivity contribution in [2.24, 2.45) is 0 Å². The van der Waals surface area contributed by atoms with Crippen LogP contribution in [0.5, 0.6) is 0 Å². The highest BCUT2D eigenvalue weighted by Crippen LogP contribution is 2.22. The predicted molar refractivity (Wildman–Crippen MR) is 91.5 cm³/mol. The Hall–Kier alpha value is -1.43. The number of rotatable bonds is 8. The van der Waals surface area contributed by atoms with Gasteiger partial charge >= 0.3 is 0 Å². The van der Waals surface area contributed by atoms with Gasteiger partial charge in [-0.25, -0.2) is 13.1 Å². The van der Waals surface area contributed by atoms with Crippen LogP contribution in [0.3, 0.4) is 0 Å². The molecule has 0 aromatic heterocycles. The Morgan fingerprint density at radius 3 is 2.41 bits per heavy atom. The maximum Gasteiger partial charge on any atom is 0.241 e. The summed E-state index contributed by atoms with van der Waals surface area (Å²) in [7, 11) is -3.47. The van der Waals surface area contributed by atoms with Gasteiger partial charge in [0, 0.05) is 11.9 Å². The fraction of sp³-hybridized carbons (Fsp3) is 0.412. The van der Waals surface area contributed by atoms with Crippen molar-refractivity contribution in [2.45, 2.75) is 25.2 Å². The van der Waals surface area contributed by atoms with E-state index in [0.717, 1.165) is 36.8 Å². The quantitative estimate of drug-likeness (QED) is 0.761. The van der Waals surface area contributed by atoms with E-state index < -0.39 is 10.0 Å². The number of sulfonamides is 1. The van der Waals surface area contributed by atoms with E-state index in [9.17, 15) is 8.42 Å². The molecule has 0 aliphatic carbocycles. The van der Waals surface area contributed by atoms with Gasteiger partial charge in [0.15, 0.2) is 0 Å². The molecule has 0 saturated heterocycles. The van der Waals surface area contributed by atoms with Crippen molar-refractivity contribution in [1.82, 2.24) is 9.62 Å². The van der Waals surface area contributed by atoms with E-state index in [1.54, 1.807) is 12.1 Å². The number of nitrogens with zero attached hydrogens (tertiary/aromatic N) is 1. The zero-order valence-electron chi connectivity index (χ0n) is 13.2. The Labute approximate surface area is 133 Å². The monoisotopic (exact) mass is 320 g/mol. The lowest BCUT2D eigenvalue weighted by Crippen LogP contribution is -2.30. The Kier molecular flexibility index (Phi) is 5.94. The molecule has 0 aliphatic rings. The average Bonchev–Trinajstić information content (AvgIpc) is 2.54. The lowest BCUT2D eigenvalue weighted by molar-refractivity contribution is 0.300. The van der Waals surface area contributed by atoms with Crippen LogP contribution in [0.25, 0.3) is 10.8 Å². The van der Waals surface area contributed by atoms with Gasteiger partial charge in [0.05, 0.1) is 4.90 Å². The van der Waals surface area contributed by atoms with Crippen LogP contribution in [0.1, 0.15) is 20.3 Å². The van der Waals surface area contributed by atoms with E-state index in [1.165, 1.54) is 0 Å². The van der Waals surface area contributed by atoms with E-state index in [-0.39, 0.29) is 0 Å². The van der Waals surface area contributed by atoms with Gasteiger partial charge in [0.25, 0.3) is 0 Å². The summed E-state index contributed by atoms with van der Waals surface area (Å²) in [5.41, 5.74) is 0. The molecule has 0 heterocycles. The van der Waals surface area contributed by atoms with Crippen LogP contribution in [-0.2, 0) is 10.0 Å². The lowest BCUT2D eigenvalue weighted by Gasteiger charge is -2.17. The van der Waals surface area contributed by atoms with E-state index in [2.05, 4.69) is 23.5 Å². The maximum atomic E-state index is 12.5. The second-order valence-electron chi connectivity index (χ2n) is 5.26. The summed E-state index contributed by atoms with van der Waals surface area (Å²) in [5, 5.41) is 1.70. The number of fused-ring (bicyclic) bond motifs is 1. The van der Waals surface area contributed by atoms with Gasteiger partial charge in [-0.2, -0.15) is 0 Å². The van der Waals surface area contributed by atoms with E-state index in [1.807, 2.05) is 30.3 Å². The summed E-state index contributed by atoms with van der Waals surface area (Å²) in [6, 6.07) is 12.9. The number of benzene rings is 2. The van der Waals surface area contributed by atoms with E-state index in [4.69, 9.17) is 0 Å². The first kappa shape index (κ1) is 16.9. The maximum absolute atomic E-state index is 12.5. The molecule has 5 heteroatoms. The molecule has 0 bridgehead atoms. The van der Waals surface area contributed by atoms with Gasteiger partial charge in [-0.05, 0) is 37.5 Å². The minimum Gasteiger partial charge on any atom is -0.304 e. The Bertz CT molecular complexity index is 704. The van der Waals surface area contributed by atoms with Crippen LogP contribution >= 0.6 is 0 Å². The van der Waals surface area contributed by atoms with Gasteiger partial charge in [0.1, 0.15) is 0 Å². The first-order chi connectivity index (χ1) is 10.6. The molecule has 0 atom stereocenters. The smallest absolute Gasteiger partial charge is 0.241 e. The summed E-state index contributed by atoms with van der Waals surface area (Å²) >= 11 is 0. The minimum atomic E-state index is -3.47. The fourth-order valence-electron chi connectivity index (χ4n) is 2.56. The highest BCUT2D eigenvalue weighted by molar-refractivity contribution is 7.89. The molecule has 0 aliphatic heterocycles. The SMILES string of the molecule is CCN(CC)CCCNS(=O)(=O)c1cccc2ccccc12. The summed E-state index contributed by atoms with van der Waals surface area (Å²) in [6.07, 6.45) is 0.811. The van der Waals surface area contributed by atoms with Crippen LogP contribution in [0.15, 0.2) is 47.4 Å². The highest BCUT2D eigenvalue weighted by atomic mass is 32.2. The molecule has 120 valence electrons. The number of hydrogen-bond donors (Lipinski definition) is 1. The topological polar surface area (TPSA) is 49.4 Å². The molecule has 2 rings (SSSR count). The Balaban J connectivity index is 2.07. The first-order valence-electron chi connectivity index (χ1n) is 7.78. The lowest BCUT2D eigenvalue weighted by atomic mass is 10.1. The van der Waals surface area contributed by atoms with Gasteiger partial charge in [0.2, 0.25) is 10.0 Å². The van der Waals surface area contributed by atoms with Crippen LogP contribution in [0, 0.1) is 0 Å². The van der Waals surface area contributed by atoms with E-state index >= 15 is 0 Å². The molecule has 0 amide bonds. The minimum absolute atomic E-state index is 0.355. The Morgan fingerprint density at radius 1 is 1.00 bits per heavy atom. The summed E-state index contributed by atoms with van der Waals surface area (Å²) in [5.74, 6) is 0. The third-order valence-electron chi connectivity index (χ3n) is 3.88. The van der Waals surface area contributed by atoms with Crippen LogP contribution in [0.2, 0.25) is 0 Å². The second kappa shape index (κ2) is 7.72. The molecule has 0 spiro atoms. The molecule has 0 saturated carbocycles. The van der Waals surface area contributed by atoms with Gasteiger partial charge in [-0.15, -0.1) is 0 Å². The molecule has 0 radical (unpaired) electrons. The zero-order valence-corrected chi connectivity index (χ0v) is 14.1. The first-order valence-corrected chi connectivity index (χ1v) is 9.26. The van der Waals surface area contributed by atoms with Gasteiger partial charge < -0.3 is 4.90 Å². The average molecular weight is 320 g/mol. The van der Waals surface area contributed by atoms with Crippen molar-refractivity contribution in [2.75, 3.05) is 26.2 Å². The molecule has 22 heavy (non-hydrogen) atoms. The molecular weight excluding hydrogens is 296 g/mol. The highest BCUT2D eigenvalue weighted by Gasteiger charge is 2.16. The van der Waals surface area contributed by atoms with Crippen LogP contribution in [-0.4, -0.2) is 39.5 Å². The summed E-state index contributed by atoms with van der Waals surface area (Å²) in [4.78, 5) is 2.64. The number of nitrogens with one attached hydrogen (secondary N) is 1. The van der Waals surface area contributed by atoms with Crippen LogP contribution in [0.4, 0.5) is 0 Å². The molecule has 0 fully saturated rings. The van der Waals surface area contributed by atoms with Gasteiger partial charge in [-0.3, -0.25) is 0 Å². The van der Waals surface area contributed by atoms with Crippen molar-refractivity contribution in [3.05, 3.63) is 42.5 Å². The summed E-state index contributed by atoms with van der Waals surface area (Å²) < 4.78 is 27.7. The number of hydrogen-bond acceptors (Lipinski definition) is 3. The van der Waals surface area contributed by atoms with Crippen molar-refractivity contribution in [3.8, 4) is 0 Å². The third kappa shape index (κ3) is 4.06. The molecule has 0 unspecified atom stereocenters. The van der Waals surface area contributed by atoms with Crippen molar-refractivity contribution >= 4 is 20.8 Å². The molecule has 2 aromatic carbocycles. The molecule has 2 aromatic rings. The molecule has 1 N–H and O–H groups in total. The summed E-state index contributed by atoms with van der Waals surface area (Å²) in [6.45, 7) is 7.58. The standard InChI is InChI=1S/C17H24N2O2S/c1-3-19(4-2)14-8-13-18-22(20,21)17-12-7-10-15-9-5-6-11-16(15)17/h5-7,9-12,18H,3-4,8,13-14H2,1-2H3. The predicted octanol–water partition coefficient (Wildman–Crippen LogP) is 2.85. The fourth-order valence-corrected chi connectivity index (χ4v) is 3.86. The Morgan fingerprint density at radius 2 is 1.68 bits per heavy atom. The normalized spacial score (nSPS) is 12.1. The second-order valence-corrected chi connectivity index (χ2v) is 6.99.